The van der Waals surface area contributed by atoms with Crippen LogP contribution in [0.4, 0.5) is 17.5 Å². The van der Waals surface area contributed by atoms with Crippen LogP contribution in [-0.4, -0.2) is 34.4 Å². The molecule has 0 radical (unpaired) electrons. The number of nitrogens with one attached hydrogen (secondary N) is 2. The van der Waals surface area contributed by atoms with Crippen molar-refractivity contribution < 1.29 is 9.47 Å². The molecule has 8 heteroatoms. The van der Waals surface area contributed by atoms with Crippen molar-refractivity contribution in [2.75, 3.05) is 25.3 Å². The van der Waals surface area contributed by atoms with Crippen LogP contribution in [0.1, 0.15) is 0 Å². The molecule has 0 saturated carbocycles. The summed E-state index contributed by atoms with van der Waals surface area (Å²) in [6.45, 7) is 0. The predicted octanol–water partition coefficient (Wildman–Crippen LogP) is 1.70. The first-order valence-electron chi connectivity index (χ1n) is 6.16. The zero-order chi connectivity index (χ0) is 14.8. The Morgan fingerprint density at radius 1 is 1.10 bits per heavy atom. The van der Waals surface area contributed by atoms with Gasteiger partial charge in [0.05, 0.1) is 25.8 Å². The number of nitrogen functional groups attached to an aromatic ring is 1. The molecule has 0 saturated heterocycles. The van der Waals surface area contributed by atoms with Crippen LogP contribution in [0.5, 0.6) is 11.5 Å². The van der Waals surface area contributed by atoms with Crippen molar-refractivity contribution in [1.29, 1.82) is 0 Å². The van der Waals surface area contributed by atoms with E-state index < -0.39 is 0 Å². The second-order valence-corrected chi connectivity index (χ2v) is 4.29. The van der Waals surface area contributed by atoms with E-state index in [-0.39, 0.29) is 5.95 Å². The minimum absolute atomic E-state index is 0.157. The minimum atomic E-state index is 0.157. The molecule has 3 aromatic rings. The molecule has 2 heterocycles. The summed E-state index contributed by atoms with van der Waals surface area (Å²) in [6, 6.07) is 5.44. The van der Waals surface area contributed by atoms with E-state index in [4.69, 9.17) is 15.2 Å². The summed E-state index contributed by atoms with van der Waals surface area (Å²) in [5.41, 5.74) is 7.02. The van der Waals surface area contributed by atoms with E-state index in [1.165, 1.54) is 0 Å². The van der Waals surface area contributed by atoms with Crippen LogP contribution in [0, 0.1) is 0 Å². The summed E-state index contributed by atoms with van der Waals surface area (Å²) < 4.78 is 10.5. The molecule has 0 aliphatic rings. The Morgan fingerprint density at radius 3 is 2.48 bits per heavy atom. The summed E-state index contributed by atoms with van der Waals surface area (Å²) in [5, 5.41) is 10.6. The third kappa shape index (κ3) is 2.50. The topological polar surface area (TPSA) is 111 Å². The van der Waals surface area contributed by atoms with E-state index in [9.17, 15) is 0 Å². The van der Waals surface area contributed by atoms with Gasteiger partial charge in [-0.1, -0.05) is 0 Å². The standard InChI is InChI=1S/C13H14N6O2/c1-20-8-3-7(4-9(5-8)21-2)16-11-10-6-15-19-12(10)18-13(14)17-11/h3-6H,1-2H3,(H4,14,15,16,17,18,19). The number of aromatic amines is 1. The zero-order valence-electron chi connectivity index (χ0n) is 11.5. The van der Waals surface area contributed by atoms with Gasteiger partial charge in [0.2, 0.25) is 5.95 Å². The number of fused-ring (bicyclic) bond motifs is 1. The first kappa shape index (κ1) is 13.0. The van der Waals surface area contributed by atoms with Crippen LogP contribution in [0.3, 0.4) is 0 Å². The van der Waals surface area contributed by atoms with Crippen molar-refractivity contribution in [3.05, 3.63) is 24.4 Å². The lowest BCUT2D eigenvalue weighted by molar-refractivity contribution is 0.395. The smallest absolute Gasteiger partial charge is 0.224 e. The number of methoxy groups -OCH3 is 2. The largest absolute Gasteiger partial charge is 0.497 e. The highest BCUT2D eigenvalue weighted by Gasteiger charge is 2.09. The maximum Gasteiger partial charge on any atom is 0.224 e. The molecule has 3 rings (SSSR count). The molecule has 1 aromatic carbocycles. The number of benzene rings is 1. The number of anilines is 3. The van der Waals surface area contributed by atoms with Crippen molar-refractivity contribution in [2.24, 2.45) is 0 Å². The van der Waals surface area contributed by atoms with E-state index in [2.05, 4.69) is 25.5 Å². The predicted molar refractivity (Wildman–Crippen MR) is 78.9 cm³/mol. The maximum atomic E-state index is 5.69. The molecule has 108 valence electrons. The number of hydrogen-bond acceptors (Lipinski definition) is 7. The summed E-state index contributed by atoms with van der Waals surface area (Å²) >= 11 is 0. The van der Waals surface area contributed by atoms with E-state index in [1.54, 1.807) is 26.5 Å². The van der Waals surface area contributed by atoms with Gasteiger partial charge in [-0.3, -0.25) is 5.10 Å². The van der Waals surface area contributed by atoms with Crippen molar-refractivity contribution >= 4 is 28.5 Å². The Morgan fingerprint density at radius 2 is 1.81 bits per heavy atom. The highest BCUT2D eigenvalue weighted by molar-refractivity contribution is 5.89. The van der Waals surface area contributed by atoms with Gasteiger partial charge in [0.25, 0.3) is 0 Å². The van der Waals surface area contributed by atoms with E-state index in [0.717, 1.165) is 11.1 Å². The number of rotatable bonds is 4. The van der Waals surface area contributed by atoms with E-state index in [1.807, 2.05) is 12.1 Å². The molecule has 0 fully saturated rings. The third-order valence-electron chi connectivity index (χ3n) is 2.94. The van der Waals surface area contributed by atoms with Gasteiger partial charge < -0.3 is 20.5 Å². The van der Waals surface area contributed by atoms with Crippen molar-refractivity contribution in [1.82, 2.24) is 20.2 Å². The van der Waals surface area contributed by atoms with Gasteiger partial charge in [-0.25, -0.2) is 0 Å². The molecule has 4 N–H and O–H groups in total. The Balaban J connectivity index is 2.03. The number of aromatic nitrogens is 4. The number of H-pyrrole nitrogens is 1. The molecule has 0 amide bonds. The van der Waals surface area contributed by atoms with Crippen molar-refractivity contribution in [2.45, 2.75) is 0 Å². The number of nitrogens with zero attached hydrogens (tertiary/aromatic N) is 3. The highest BCUT2D eigenvalue weighted by atomic mass is 16.5. The summed E-state index contributed by atoms with van der Waals surface area (Å²) in [6.07, 6.45) is 1.63. The summed E-state index contributed by atoms with van der Waals surface area (Å²) in [7, 11) is 3.19. The maximum absolute atomic E-state index is 5.69. The fourth-order valence-electron chi connectivity index (χ4n) is 1.96. The van der Waals surface area contributed by atoms with Gasteiger partial charge in [0.15, 0.2) is 5.65 Å². The molecule has 0 unspecified atom stereocenters. The molecule has 21 heavy (non-hydrogen) atoms. The van der Waals surface area contributed by atoms with Crippen molar-refractivity contribution in [3.63, 3.8) is 0 Å². The average Bonchev–Trinajstić information content (AvgIpc) is 2.95. The Bertz CT molecular complexity index is 763. The monoisotopic (exact) mass is 286 g/mol. The molecule has 0 bridgehead atoms. The van der Waals surface area contributed by atoms with Gasteiger partial charge >= 0.3 is 0 Å². The first-order valence-corrected chi connectivity index (χ1v) is 6.16. The third-order valence-corrected chi connectivity index (χ3v) is 2.94. The molecule has 0 aliphatic heterocycles. The zero-order valence-corrected chi connectivity index (χ0v) is 11.5. The first-order chi connectivity index (χ1) is 10.2. The molecule has 0 spiro atoms. The number of hydrogen-bond donors (Lipinski definition) is 3. The van der Waals surface area contributed by atoms with Gasteiger partial charge in [-0.15, -0.1) is 0 Å². The molecular weight excluding hydrogens is 272 g/mol. The Labute approximate surface area is 120 Å². The molecule has 0 aliphatic carbocycles. The second kappa shape index (κ2) is 5.16. The fourth-order valence-corrected chi connectivity index (χ4v) is 1.96. The quantitative estimate of drug-likeness (QED) is 0.669. The normalized spacial score (nSPS) is 10.6. The van der Waals surface area contributed by atoms with Gasteiger partial charge in [0.1, 0.15) is 17.3 Å². The molecule has 2 aromatic heterocycles. The lowest BCUT2D eigenvalue weighted by atomic mass is 10.2. The van der Waals surface area contributed by atoms with Crippen LogP contribution in [0.25, 0.3) is 11.0 Å². The highest BCUT2D eigenvalue weighted by Crippen LogP contribution is 2.29. The van der Waals surface area contributed by atoms with Crippen LogP contribution >= 0.6 is 0 Å². The van der Waals surface area contributed by atoms with Crippen LogP contribution < -0.4 is 20.5 Å². The number of nitrogens with two attached hydrogens (primary N) is 1. The van der Waals surface area contributed by atoms with Crippen LogP contribution in [0.15, 0.2) is 24.4 Å². The van der Waals surface area contributed by atoms with Gasteiger partial charge in [0, 0.05) is 23.9 Å². The second-order valence-electron chi connectivity index (χ2n) is 4.29. The SMILES string of the molecule is COc1cc(Nc2nc(N)nc3[nH]ncc23)cc(OC)c1. The Kier molecular flexibility index (Phi) is 3.19. The lowest BCUT2D eigenvalue weighted by Crippen LogP contribution is -2.01. The van der Waals surface area contributed by atoms with Crippen LogP contribution in [-0.2, 0) is 0 Å². The van der Waals surface area contributed by atoms with Crippen molar-refractivity contribution in [3.8, 4) is 11.5 Å². The lowest BCUT2D eigenvalue weighted by Gasteiger charge is -2.10. The average molecular weight is 286 g/mol. The molecular formula is C13H14N6O2. The van der Waals surface area contributed by atoms with Crippen LogP contribution in [0.2, 0.25) is 0 Å². The Hall–Kier alpha value is -3.03. The van der Waals surface area contributed by atoms with E-state index >= 15 is 0 Å². The van der Waals surface area contributed by atoms with Gasteiger partial charge in [-0.05, 0) is 0 Å². The minimum Gasteiger partial charge on any atom is -0.497 e. The summed E-state index contributed by atoms with van der Waals surface area (Å²) in [5.74, 6) is 2.05. The number of ether oxygens (including phenoxy) is 2. The molecule has 0 atom stereocenters. The van der Waals surface area contributed by atoms with E-state index in [0.29, 0.717) is 23.0 Å². The van der Waals surface area contributed by atoms with Gasteiger partial charge in [-0.2, -0.15) is 15.1 Å². The molecule has 8 nitrogen and oxygen atoms in total. The fraction of sp³-hybridized carbons (Fsp3) is 0.154. The summed E-state index contributed by atoms with van der Waals surface area (Å²) in [4.78, 5) is 8.26.